The lowest BCUT2D eigenvalue weighted by Gasteiger charge is -2.33. The summed E-state index contributed by atoms with van der Waals surface area (Å²) in [5.74, 6) is -0.324. The highest BCUT2D eigenvalue weighted by atomic mass is 16.4. The summed E-state index contributed by atoms with van der Waals surface area (Å²) in [5.41, 5.74) is -1.14. The van der Waals surface area contributed by atoms with Gasteiger partial charge in [-0.05, 0) is 19.8 Å². The Balaban J connectivity index is 1.92. The van der Waals surface area contributed by atoms with Crippen LogP contribution in [0, 0.1) is 0 Å². The first kappa shape index (κ1) is 15.3. The highest BCUT2D eigenvalue weighted by molar-refractivity contribution is 5.86. The van der Waals surface area contributed by atoms with E-state index in [-0.39, 0.29) is 6.54 Å². The molecule has 0 atom stereocenters. The number of rotatable bonds is 5. The quantitative estimate of drug-likeness (QED) is 0.747. The number of nitrogens with zero attached hydrogens (tertiary/aromatic N) is 3. The van der Waals surface area contributed by atoms with Gasteiger partial charge in [-0.2, -0.15) is 0 Å². The van der Waals surface area contributed by atoms with Gasteiger partial charge in [-0.1, -0.05) is 19.3 Å². The molecule has 1 heterocycles. The van der Waals surface area contributed by atoms with Gasteiger partial charge in [-0.25, -0.2) is 9.59 Å². The number of carboxylic acid groups (broad SMARTS) is 1. The third kappa shape index (κ3) is 3.50. The van der Waals surface area contributed by atoms with Gasteiger partial charge in [0.05, 0.1) is 6.54 Å². The lowest BCUT2D eigenvalue weighted by atomic mass is 9.82. The van der Waals surface area contributed by atoms with Crippen molar-refractivity contribution in [1.29, 1.82) is 0 Å². The SMILES string of the molecule is CCn1cnnc1CNC(=O)NC1(C(=O)O)CCCCC1. The molecule has 1 aromatic heterocycles. The average molecular weight is 295 g/mol. The van der Waals surface area contributed by atoms with Crippen molar-refractivity contribution in [1.82, 2.24) is 25.4 Å². The van der Waals surface area contributed by atoms with Gasteiger partial charge in [-0.15, -0.1) is 10.2 Å². The molecule has 0 spiro atoms. The highest BCUT2D eigenvalue weighted by Gasteiger charge is 2.40. The largest absolute Gasteiger partial charge is 0.480 e. The van der Waals surface area contributed by atoms with E-state index in [9.17, 15) is 14.7 Å². The minimum atomic E-state index is -1.14. The Bertz CT molecular complexity index is 508. The van der Waals surface area contributed by atoms with Crippen LogP contribution < -0.4 is 10.6 Å². The van der Waals surface area contributed by atoms with Crippen molar-refractivity contribution < 1.29 is 14.7 Å². The van der Waals surface area contributed by atoms with Crippen LogP contribution in [-0.4, -0.2) is 37.4 Å². The van der Waals surface area contributed by atoms with E-state index in [4.69, 9.17) is 0 Å². The van der Waals surface area contributed by atoms with Gasteiger partial charge in [0, 0.05) is 6.54 Å². The van der Waals surface area contributed by atoms with Crippen LogP contribution >= 0.6 is 0 Å². The molecule has 2 amide bonds. The van der Waals surface area contributed by atoms with Crippen molar-refractivity contribution in [2.24, 2.45) is 0 Å². The zero-order chi connectivity index (χ0) is 15.3. The Hall–Kier alpha value is -2.12. The first-order valence-corrected chi connectivity index (χ1v) is 7.23. The Morgan fingerprint density at radius 1 is 1.38 bits per heavy atom. The van der Waals surface area contributed by atoms with Gasteiger partial charge in [-0.3, -0.25) is 0 Å². The van der Waals surface area contributed by atoms with Crippen LogP contribution in [0.25, 0.3) is 0 Å². The second-order valence-corrected chi connectivity index (χ2v) is 5.29. The van der Waals surface area contributed by atoms with E-state index >= 15 is 0 Å². The number of aliphatic carboxylic acids is 1. The highest BCUT2D eigenvalue weighted by Crippen LogP contribution is 2.28. The predicted octanol–water partition coefficient (Wildman–Crippen LogP) is 0.885. The number of carbonyl (C=O) groups excluding carboxylic acids is 1. The third-order valence-electron chi connectivity index (χ3n) is 3.91. The minimum absolute atomic E-state index is 0.218. The van der Waals surface area contributed by atoms with Gasteiger partial charge in [0.15, 0.2) is 5.82 Å². The van der Waals surface area contributed by atoms with Crippen LogP contribution in [0.1, 0.15) is 44.9 Å². The van der Waals surface area contributed by atoms with E-state index in [1.165, 1.54) is 0 Å². The normalized spacial score (nSPS) is 17.2. The first-order valence-electron chi connectivity index (χ1n) is 7.23. The van der Waals surface area contributed by atoms with E-state index in [2.05, 4.69) is 20.8 Å². The number of amides is 2. The van der Waals surface area contributed by atoms with Crippen LogP contribution in [0.2, 0.25) is 0 Å². The fourth-order valence-electron chi connectivity index (χ4n) is 2.65. The number of nitrogens with one attached hydrogen (secondary N) is 2. The molecule has 8 nitrogen and oxygen atoms in total. The molecule has 1 saturated carbocycles. The van der Waals surface area contributed by atoms with Crippen molar-refractivity contribution in [3.63, 3.8) is 0 Å². The van der Waals surface area contributed by atoms with Crippen LogP contribution in [0.5, 0.6) is 0 Å². The summed E-state index contributed by atoms with van der Waals surface area (Å²) >= 11 is 0. The van der Waals surface area contributed by atoms with Crippen molar-refractivity contribution >= 4 is 12.0 Å². The average Bonchev–Trinajstić information content (AvgIpc) is 2.93. The molecular weight excluding hydrogens is 274 g/mol. The topological polar surface area (TPSA) is 109 Å². The van der Waals surface area contributed by atoms with Crippen LogP contribution in [-0.2, 0) is 17.9 Å². The molecule has 1 aliphatic rings. The summed E-state index contributed by atoms with van der Waals surface area (Å²) in [6, 6.07) is -0.482. The van der Waals surface area contributed by atoms with E-state index in [0.29, 0.717) is 25.2 Å². The summed E-state index contributed by atoms with van der Waals surface area (Å²) in [7, 11) is 0. The van der Waals surface area contributed by atoms with Crippen molar-refractivity contribution in [3.8, 4) is 0 Å². The van der Waals surface area contributed by atoms with Crippen molar-refractivity contribution in [3.05, 3.63) is 12.2 Å². The number of aromatic nitrogens is 3. The van der Waals surface area contributed by atoms with Gasteiger partial charge < -0.3 is 20.3 Å². The van der Waals surface area contributed by atoms with Crippen molar-refractivity contribution in [2.45, 2.75) is 57.7 Å². The molecular formula is C13H21N5O3. The van der Waals surface area contributed by atoms with E-state index in [1.54, 1.807) is 6.33 Å². The van der Waals surface area contributed by atoms with Gasteiger partial charge in [0.2, 0.25) is 0 Å². The summed E-state index contributed by atoms with van der Waals surface area (Å²) in [6.45, 7) is 2.88. The fourth-order valence-corrected chi connectivity index (χ4v) is 2.65. The second-order valence-electron chi connectivity index (χ2n) is 5.29. The van der Waals surface area contributed by atoms with E-state index < -0.39 is 17.5 Å². The monoisotopic (exact) mass is 295 g/mol. The molecule has 1 fully saturated rings. The molecule has 0 aliphatic heterocycles. The molecule has 3 N–H and O–H groups in total. The maximum atomic E-state index is 12.0. The van der Waals surface area contributed by atoms with E-state index in [0.717, 1.165) is 19.3 Å². The molecule has 0 unspecified atom stereocenters. The number of aryl methyl sites for hydroxylation is 1. The molecule has 0 aromatic carbocycles. The fraction of sp³-hybridized carbons (Fsp3) is 0.692. The third-order valence-corrected chi connectivity index (χ3v) is 3.91. The second kappa shape index (κ2) is 6.55. The zero-order valence-electron chi connectivity index (χ0n) is 12.1. The molecule has 21 heavy (non-hydrogen) atoms. The Labute approximate surface area is 122 Å². The zero-order valence-corrected chi connectivity index (χ0v) is 12.1. The van der Waals surface area contributed by atoms with Crippen molar-refractivity contribution in [2.75, 3.05) is 0 Å². The number of urea groups is 1. The number of hydrogen-bond donors (Lipinski definition) is 3. The summed E-state index contributed by atoms with van der Waals surface area (Å²) in [6.07, 6.45) is 5.18. The molecule has 0 saturated heterocycles. The standard InChI is InChI=1S/C13H21N5O3/c1-2-18-9-15-17-10(18)8-14-12(21)16-13(11(19)20)6-4-3-5-7-13/h9H,2-8H2,1H3,(H,19,20)(H2,14,16,21). The summed E-state index contributed by atoms with van der Waals surface area (Å²) in [5, 5.41) is 22.4. The molecule has 0 bridgehead atoms. The summed E-state index contributed by atoms with van der Waals surface area (Å²) in [4.78, 5) is 23.4. The molecule has 1 aromatic rings. The van der Waals surface area contributed by atoms with Gasteiger partial charge in [0.1, 0.15) is 11.9 Å². The Kier molecular flexibility index (Phi) is 4.77. The Morgan fingerprint density at radius 2 is 2.10 bits per heavy atom. The molecule has 8 heteroatoms. The van der Waals surface area contributed by atoms with E-state index in [1.807, 2.05) is 11.5 Å². The number of carboxylic acids is 1. The van der Waals surface area contributed by atoms with Gasteiger partial charge >= 0.3 is 12.0 Å². The number of carbonyl (C=O) groups is 2. The van der Waals surface area contributed by atoms with Crippen LogP contribution in [0.4, 0.5) is 4.79 Å². The molecule has 116 valence electrons. The lowest BCUT2D eigenvalue weighted by Crippen LogP contribution is -2.58. The van der Waals surface area contributed by atoms with Crippen LogP contribution in [0.3, 0.4) is 0 Å². The Morgan fingerprint density at radius 3 is 2.71 bits per heavy atom. The molecule has 1 aliphatic carbocycles. The lowest BCUT2D eigenvalue weighted by molar-refractivity contribution is -0.145. The summed E-state index contributed by atoms with van der Waals surface area (Å²) < 4.78 is 1.81. The maximum Gasteiger partial charge on any atom is 0.329 e. The molecule has 0 radical (unpaired) electrons. The first-order chi connectivity index (χ1) is 10.1. The smallest absolute Gasteiger partial charge is 0.329 e. The molecule has 2 rings (SSSR count). The predicted molar refractivity (Wildman–Crippen MR) is 74.5 cm³/mol. The minimum Gasteiger partial charge on any atom is -0.480 e. The number of hydrogen-bond acceptors (Lipinski definition) is 4. The van der Waals surface area contributed by atoms with Gasteiger partial charge in [0.25, 0.3) is 0 Å². The van der Waals surface area contributed by atoms with Crippen LogP contribution in [0.15, 0.2) is 6.33 Å². The maximum absolute atomic E-state index is 12.0.